The SMILES string of the molecule is CN1CCC(CNC(=O)C2CCCCCCN2)C1. The predicted octanol–water partition coefficient (Wildman–Crippen LogP) is 0.977. The summed E-state index contributed by atoms with van der Waals surface area (Å²) >= 11 is 0. The Bertz CT molecular complexity index is 262. The molecule has 0 aromatic heterocycles. The molecular weight excluding hydrogens is 226 g/mol. The first-order chi connectivity index (χ1) is 8.75. The number of amides is 1. The van der Waals surface area contributed by atoms with Gasteiger partial charge in [-0.25, -0.2) is 0 Å². The van der Waals surface area contributed by atoms with Crippen LogP contribution < -0.4 is 10.6 Å². The lowest BCUT2D eigenvalue weighted by Crippen LogP contribution is -2.46. The molecule has 2 heterocycles. The van der Waals surface area contributed by atoms with Gasteiger partial charge in [0.2, 0.25) is 5.91 Å². The van der Waals surface area contributed by atoms with E-state index in [4.69, 9.17) is 0 Å². The van der Waals surface area contributed by atoms with Crippen molar-refractivity contribution in [1.29, 1.82) is 0 Å². The number of hydrogen-bond acceptors (Lipinski definition) is 3. The van der Waals surface area contributed by atoms with Gasteiger partial charge >= 0.3 is 0 Å². The Morgan fingerprint density at radius 1 is 1.28 bits per heavy atom. The van der Waals surface area contributed by atoms with E-state index in [1.807, 2.05) is 0 Å². The van der Waals surface area contributed by atoms with E-state index in [1.54, 1.807) is 0 Å². The molecule has 0 radical (unpaired) electrons. The Balaban J connectivity index is 1.69. The van der Waals surface area contributed by atoms with Crippen molar-refractivity contribution in [2.45, 2.75) is 44.6 Å². The van der Waals surface area contributed by atoms with Gasteiger partial charge < -0.3 is 15.5 Å². The number of hydrogen-bond donors (Lipinski definition) is 2. The van der Waals surface area contributed by atoms with Gasteiger partial charge in [0, 0.05) is 13.1 Å². The monoisotopic (exact) mass is 253 g/mol. The molecule has 18 heavy (non-hydrogen) atoms. The topological polar surface area (TPSA) is 44.4 Å². The summed E-state index contributed by atoms with van der Waals surface area (Å²) in [5, 5.41) is 6.52. The molecule has 2 fully saturated rings. The maximum Gasteiger partial charge on any atom is 0.237 e. The van der Waals surface area contributed by atoms with Gasteiger partial charge in [-0.05, 0) is 45.3 Å². The number of nitrogens with one attached hydrogen (secondary N) is 2. The first-order valence-corrected chi connectivity index (χ1v) is 7.45. The first-order valence-electron chi connectivity index (χ1n) is 7.45. The second-order valence-corrected chi connectivity index (χ2v) is 5.87. The maximum absolute atomic E-state index is 12.1. The Kier molecular flexibility index (Phi) is 5.45. The summed E-state index contributed by atoms with van der Waals surface area (Å²) in [5.74, 6) is 0.860. The molecular formula is C14H27N3O. The third-order valence-electron chi connectivity index (χ3n) is 4.18. The highest BCUT2D eigenvalue weighted by Gasteiger charge is 2.22. The van der Waals surface area contributed by atoms with Crippen molar-refractivity contribution in [3.05, 3.63) is 0 Å². The fraction of sp³-hybridized carbons (Fsp3) is 0.929. The largest absolute Gasteiger partial charge is 0.354 e. The average molecular weight is 253 g/mol. The molecule has 4 heteroatoms. The van der Waals surface area contributed by atoms with Gasteiger partial charge in [-0.2, -0.15) is 0 Å². The number of nitrogens with zero attached hydrogens (tertiary/aromatic N) is 1. The van der Waals surface area contributed by atoms with E-state index in [-0.39, 0.29) is 11.9 Å². The molecule has 2 N–H and O–H groups in total. The number of likely N-dealkylation sites (tertiary alicyclic amines) is 1. The number of carbonyl (C=O) groups excluding carboxylic acids is 1. The molecule has 0 saturated carbocycles. The Morgan fingerprint density at radius 3 is 2.89 bits per heavy atom. The van der Waals surface area contributed by atoms with Crippen molar-refractivity contribution in [3.8, 4) is 0 Å². The minimum atomic E-state index is 0.0458. The highest BCUT2D eigenvalue weighted by molar-refractivity contribution is 5.81. The molecule has 2 aliphatic rings. The minimum Gasteiger partial charge on any atom is -0.354 e. The standard InChI is InChI=1S/C14H27N3O/c1-17-9-7-12(11-17)10-16-14(18)13-6-4-2-3-5-8-15-13/h12-13,15H,2-11H2,1H3,(H,16,18). The summed E-state index contributed by atoms with van der Waals surface area (Å²) in [4.78, 5) is 14.5. The van der Waals surface area contributed by atoms with Crippen LogP contribution in [0, 0.1) is 5.92 Å². The zero-order valence-corrected chi connectivity index (χ0v) is 11.6. The van der Waals surface area contributed by atoms with Crippen LogP contribution in [0.1, 0.15) is 38.5 Å². The zero-order valence-electron chi connectivity index (χ0n) is 11.6. The van der Waals surface area contributed by atoms with Crippen LogP contribution in [-0.4, -0.2) is 50.1 Å². The van der Waals surface area contributed by atoms with Gasteiger partial charge in [-0.15, -0.1) is 0 Å². The van der Waals surface area contributed by atoms with Gasteiger partial charge in [0.1, 0.15) is 0 Å². The van der Waals surface area contributed by atoms with Gasteiger partial charge in [0.15, 0.2) is 0 Å². The van der Waals surface area contributed by atoms with E-state index < -0.39 is 0 Å². The summed E-state index contributed by atoms with van der Waals surface area (Å²) in [5.41, 5.74) is 0. The van der Waals surface area contributed by atoms with Crippen LogP contribution in [-0.2, 0) is 4.79 Å². The Morgan fingerprint density at radius 2 is 2.11 bits per heavy atom. The second kappa shape index (κ2) is 7.10. The maximum atomic E-state index is 12.1. The minimum absolute atomic E-state index is 0.0458. The van der Waals surface area contributed by atoms with Crippen molar-refractivity contribution in [3.63, 3.8) is 0 Å². The van der Waals surface area contributed by atoms with Crippen molar-refractivity contribution in [2.75, 3.05) is 33.2 Å². The van der Waals surface area contributed by atoms with Crippen molar-refractivity contribution in [2.24, 2.45) is 5.92 Å². The molecule has 2 aliphatic heterocycles. The third kappa shape index (κ3) is 4.25. The van der Waals surface area contributed by atoms with Crippen molar-refractivity contribution < 1.29 is 4.79 Å². The molecule has 104 valence electrons. The summed E-state index contributed by atoms with van der Waals surface area (Å²) in [7, 11) is 2.15. The smallest absolute Gasteiger partial charge is 0.237 e. The van der Waals surface area contributed by atoms with Crippen molar-refractivity contribution >= 4 is 5.91 Å². The zero-order chi connectivity index (χ0) is 12.8. The van der Waals surface area contributed by atoms with Gasteiger partial charge in [-0.3, -0.25) is 4.79 Å². The van der Waals surface area contributed by atoms with E-state index >= 15 is 0 Å². The first kappa shape index (κ1) is 13.8. The summed E-state index contributed by atoms with van der Waals surface area (Å²) in [6.07, 6.45) is 7.17. The van der Waals surface area contributed by atoms with Crippen molar-refractivity contribution in [1.82, 2.24) is 15.5 Å². The van der Waals surface area contributed by atoms with Crippen LogP contribution in [0.15, 0.2) is 0 Å². The summed E-state index contributed by atoms with van der Waals surface area (Å²) < 4.78 is 0. The average Bonchev–Trinajstić information content (AvgIpc) is 2.72. The van der Waals surface area contributed by atoms with Crippen LogP contribution in [0.25, 0.3) is 0 Å². The summed E-state index contributed by atoms with van der Waals surface area (Å²) in [6.45, 7) is 4.13. The Hall–Kier alpha value is -0.610. The number of rotatable bonds is 3. The normalized spacial score (nSPS) is 30.7. The van der Waals surface area contributed by atoms with Gasteiger partial charge in [-0.1, -0.05) is 19.3 Å². The van der Waals surface area contributed by atoms with E-state index in [2.05, 4.69) is 22.6 Å². The Labute approximate surface area is 110 Å². The lowest BCUT2D eigenvalue weighted by molar-refractivity contribution is -0.123. The summed E-state index contributed by atoms with van der Waals surface area (Å²) in [6, 6.07) is 0.0458. The fourth-order valence-electron chi connectivity index (χ4n) is 2.99. The van der Waals surface area contributed by atoms with Gasteiger partial charge in [0.25, 0.3) is 0 Å². The molecule has 4 nitrogen and oxygen atoms in total. The molecule has 2 atom stereocenters. The molecule has 2 rings (SSSR count). The highest BCUT2D eigenvalue weighted by atomic mass is 16.2. The third-order valence-corrected chi connectivity index (χ3v) is 4.18. The molecule has 0 aromatic rings. The van der Waals surface area contributed by atoms with E-state index in [9.17, 15) is 4.79 Å². The molecule has 0 spiro atoms. The molecule has 2 unspecified atom stereocenters. The second-order valence-electron chi connectivity index (χ2n) is 5.87. The molecule has 2 saturated heterocycles. The highest BCUT2D eigenvalue weighted by Crippen LogP contribution is 2.13. The lowest BCUT2D eigenvalue weighted by Gasteiger charge is -2.21. The van der Waals surface area contributed by atoms with Crippen LogP contribution in [0.4, 0.5) is 0 Å². The molecule has 0 aliphatic carbocycles. The molecule has 0 aromatic carbocycles. The molecule has 0 bridgehead atoms. The molecule has 1 amide bonds. The van der Waals surface area contributed by atoms with Gasteiger partial charge in [0.05, 0.1) is 6.04 Å². The van der Waals surface area contributed by atoms with Crippen LogP contribution in [0.2, 0.25) is 0 Å². The van der Waals surface area contributed by atoms with Crippen LogP contribution in [0.3, 0.4) is 0 Å². The van der Waals surface area contributed by atoms with Crippen LogP contribution >= 0.6 is 0 Å². The van der Waals surface area contributed by atoms with E-state index in [0.29, 0.717) is 5.92 Å². The van der Waals surface area contributed by atoms with E-state index in [0.717, 1.165) is 26.1 Å². The fourth-order valence-corrected chi connectivity index (χ4v) is 2.99. The number of carbonyl (C=O) groups is 1. The quantitative estimate of drug-likeness (QED) is 0.788. The predicted molar refractivity (Wildman–Crippen MR) is 73.5 cm³/mol. The van der Waals surface area contributed by atoms with E-state index in [1.165, 1.54) is 38.6 Å². The van der Waals surface area contributed by atoms with Crippen LogP contribution in [0.5, 0.6) is 0 Å². The lowest BCUT2D eigenvalue weighted by atomic mass is 10.0.